The van der Waals surface area contributed by atoms with Crippen LogP contribution in [0.5, 0.6) is 11.5 Å². The molecule has 0 unspecified atom stereocenters. The molecule has 0 saturated carbocycles. The molecule has 0 fully saturated rings. The second-order valence-electron chi connectivity index (χ2n) is 5.30. The topological polar surface area (TPSA) is 101 Å². The summed E-state index contributed by atoms with van der Waals surface area (Å²) in [6, 6.07) is 11.6. The van der Waals surface area contributed by atoms with E-state index in [0.717, 1.165) is 0 Å². The number of phenolic OH excluding ortho intramolecular Hbond substituents is 2. The van der Waals surface area contributed by atoms with Crippen LogP contribution in [0.15, 0.2) is 67.0 Å². The Morgan fingerprint density at radius 1 is 0.750 bits per heavy atom. The van der Waals surface area contributed by atoms with Gasteiger partial charge in [0.25, 0.3) is 0 Å². The van der Waals surface area contributed by atoms with Crippen molar-refractivity contribution >= 4 is 21.9 Å². The maximum Gasteiger partial charge on any atom is 0.344 e. The second kappa shape index (κ2) is 4.99. The Hall–Kier alpha value is -3.54. The molecule has 6 heteroatoms. The maximum atomic E-state index is 12.3. The fraction of sp³-hybridized carbons (Fsp3) is 0. The van der Waals surface area contributed by atoms with Crippen molar-refractivity contribution in [2.24, 2.45) is 0 Å². The van der Waals surface area contributed by atoms with Crippen LogP contribution in [-0.2, 0) is 0 Å². The van der Waals surface area contributed by atoms with Crippen LogP contribution in [0.1, 0.15) is 0 Å². The lowest BCUT2D eigenvalue weighted by atomic mass is 10.0. The van der Waals surface area contributed by atoms with Gasteiger partial charge in [0.1, 0.15) is 22.7 Å². The highest BCUT2D eigenvalue weighted by Crippen LogP contribution is 2.35. The van der Waals surface area contributed by atoms with Crippen LogP contribution in [0.25, 0.3) is 33.1 Å². The molecule has 2 aromatic carbocycles. The SMILES string of the molecule is O=c1ccc2c(O)c(-c3cc4ccc(O)cc4oc3=O)ccc2o1. The number of hydrogen-bond donors (Lipinski definition) is 2. The van der Waals surface area contributed by atoms with Crippen molar-refractivity contribution in [1.29, 1.82) is 0 Å². The van der Waals surface area contributed by atoms with Crippen LogP contribution in [0.2, 0.25) is 0 Å². The van der Waals surface area contributed by atoms with Gasteiger partial charge in [-0.15, -0.1) is 0 Å². The van der Waals surface area contributed by atoms with Gasteiger partial charge in [-0.25, -0.2) is 9.59 Å². The van der Waals surface area contributed by atoms with Gasteiger partial charge in [-0.2, -0.15) is 0 Å². The molecule has 0 aliphatic heterocycles. The van der Waals surface area contributed by atoms with Crippen molar-refractivity contribution < 1.29 is 19.0 Å². The predicted octanol–water partition coefficient (Wildman–Crippen LogP) is 2.98. The van der Waals surface area contributed by atoms with Gasteiger partial charge in [-0.1, -0.05) is 0 Å². The van der Waals surface area contributed by atoms with Crippen LogP contribution in [-0.4, -0.2) is 10.2 Å². The first kappa shape index (κ1) is 14.1. The molecule has 2 N–H and O–H groups in total. The first-order chi connectivity index (χ1) is 11.5. The van der Waals surface area contributed by atoms with Gasteiger partial charge < -0.3 is 19.0 Å². The van der Waals surface area contributed by atoms with Crippen molar-refractivity contribution in [1.82, 2.24) is 0 Å². The Bertz CT molecular complexity index is 1220. The van der Waals surface area contributed by atoms with E-state index in [9.17, 15) is 19.8 Å². The number of rotatable bonds is 1. The van der Waals surface area contributed by atoms with Crippen LogP contribution >= 0.6 is 0 Å². The quantitative estimate of drug-likeness (QED) is 0.522. The van der Waals surface area contributed by atoms with E-state index in [0.29, 0.717) is 10.8 Å². The zero-order chi connectivity index (χ0) is 16.8. The monoisotopic (exact) mass is 322 g/mol. The van der Waals surface area contributed by atoms with Gasteiger partial charge >= 0.3 is 11.3 Å². The average molecular weight is 322 g/mol. The van der Waals surface area contributed by atoms with Crippen molar-refractivity contribution in [2.75, 3.05) is 0 Å². The lowest BCUT2D eigenvalue weighted by molar-refractivity contribution is 0.472. The smallest absolute Gasteiger partial charge is 0.344 e. The molecule has 24 heavy (non-hydrogen) atoms. The van der Waals surface area contributed by atoms with E-state index in [1.807, 2.05) is 0 Å². The van der Waals surface area contributed by atoms with E-state index in [-0.39, 0.29) is 33.8 Å². The average Bonchev–Trinajstić information content (AvgIpc) is 2.55. The Kier molecular flexibility index (Phi) is 2.93. The highest BCUT2D eigenvalue weighted by atomic mass is 16.4. The molecule has 4 aromatic rings. The molecule has 0 spiro atoms. The third kappa shape index (κ3) is 2.13. The largest absolute Gasteiger partial charge is 0.508 e. The van der Waals surface area contributed by atoms with E-state index in [4.69, 9.17) is 8.83 Å². The van der Waals surface area contributed by atoms with Gasteiger partial charge in [0.05, 0.1) is 10.9 Å². The van der Waals surface area contributed by atoms with Crippen molar-refractivity contribution in [2.45, 2.75) is 0 Å². The summed E-state index contributed by atoms with van der Waals surface area (Å²) in [7, 11) is 0. The van der Waals surface area contributed by atoms with E-state index in [1.54, 1.807) is 12.1 Å². The minimum atomic E-state index is -0.653. The van der Waals surface area contributed by atoms with Crippen LogP contribution < -0.4 is 11.3 Å². The summed E-state index contributed by atoms with van der Waals surface area (Å²) in [5.41, 5.74) is -0.285. The molecule has 0 saturated heterocycles. The molecule has 0 amide bonds. The minimum Gasteiger partial charge on any atom is -0.508 e. The van der Waals surface area contributed by atoms with Crippen LogP contribution in [0, 0.1) is 0 Å². The first-order valence-electron chi connectivity index (χ1n) is 7.06. The fourth-order valence-corrected chi connectivity index (χ4v) is 2.64. The number of benzene rings is 2. The summed E-state index contributed by atoms with van der Waals surface area (Å²) in [6.07, 6.45) is 0. The first-order valence-corrected chi connectivity index (χ1v) is 7.06. The van der Waals surface area contributed by atoms with Gasteiger partial charge in [-0.3, -0.25) is 0 Å². The Balaban J connectivity index is 2.02. The maximum absolute atomic E-state index is 12.3. The summed E-state index contributed by atoms with van der Waals surface area (Å²) in [4.78, 5) is 23.5. The number of aromatic hydroxyl groups is 2. The van der Waals surface area contributed by atoms with E-state index < -0.39 is 11.3 Å². The molecular formula is C18H10O6. The Morgan fingerprint density at radius 3 is 2.42 bits per heavy atom. The lowest BCUT2D eigenvalue weighted by Gasteiger charge is -2.07. The zero-order valence-corrected chi connectivity index (χ0v) is 12.1. The molecular weight excluding hydrogens is 312 g/mol. The number of hydrogen-bond acceptors (Lipinski definition) is 6. The molecule has 0 aliphatic rings. The molecule has 0 radical (unpaired) electrons. The summed E-state index contributed by atoms with van der Waals surface area (Å²) in [5.74, 6) is -0.191. The summed E-state index contributed by atoms with van der Waals surface area (Å²) in [5, 5.41) is 20.8. The standard InChI is InChI=1S/C18H10O6/c19-10-2-1-9-7-13(18(22)24-15(9)8-10)11-3-5-14-12(17(11)21)4-6-16(20)23-14/h1-8,19,21H. The van der Waals surface area contributed by atoms with Crippen LogP contribution in [0.3, 0.4) is 0 Å². The van der Waals surface area contributed by atoms with Crippen molar-refractivity contribution in [3.8, 4) is 22.6 Å². The fourth-order valence-electron chi connectivity index (χ4n) is 2.64. The molecule has 2 aromatic heterocycles. The number of phenols is 2. The van der Waals surface area contributed by atoms with E-state index in [1.165, 1.54) is 36.4 Å². The molecule has 0 bridgehead atoms. The van der Waals surface area contributed by atoms with Crippen LogP contribution in [0.4, 0.5) is 0 Å². The minimum absolute atomic E-state index is 0.0121. The molecule has 6 nitrogen and oxygen atoms in total. The molecule has 4 rings (SSSR count). The summed E-state index contributed by atoms with van der Waals surface area (Å²) in [6.45, 7) is 0. The highest BCUT2D eigenvalue weighted by Gasteiger charge is 2.15. The lowest BCUT2D eigenvalue weighted by Crippen LogP contribution is -2.03. The van der Waals surface area contributed by atoms with Gasteiger partial charge in [0, 0.05) is 23.1 Å². The Labute approximate surface area is 133 Å². The van der Waals surface area contributed by atoms with Crippen molar-refractivity contribution in [3.63, 3.8) is 0 Å². The molecule has 0 aliphatic carbocycles. The predicted molar refractivity (Wildman–Crippen MR) is 87.3 cm³/mol. The van der Waals surface area contributed by atoms with Crippen molar-refractivity contribution in [3.05, 3.63) is 69.4 Å². The summed E-state index contributed by atoms with van der Waals surface area (Å²) >= 11 is 0. The molecule has 0 atom stereocenters. The van der Waals surface area contributed by atoms with E-state index >= 15 is 0 Å². The van der Waals surface area contributed by atoms with Gasteiger partial charge in [0.15, 0.2) is 0 Å². The molecule has 118 valence electrons. The number of fused-ring (bicyclic) bond motifs is 2. The van der Waals surface area contributed by atoms with E-state index in [2.05, 4.69) is 0 Å². The van der Waals surface area contributed by atoms with Gasteiger partial charge in [0.2, 0.25) is 0 Å². The zero-order valence-electron chi connectivity index (χ0n) is 12.1. The normalized spacial score (nSPS) is 11.2. The highest BCUT2D eigenvalue weighted by molar-refractivity contribution is 5.93. The second-order valence-corrected chi connectivity index (χ2v) is 5.30. The third-order valence-corrected chi connectivity index (χ3v) is 3.78. The summed E-state index contributed by atoms with van der Waals surface area (Å²) < 4.78 is 10.2. The van der Waals surface area contributed by atoms with Gasteiger partial charge in [-0.05, 0) is 36.4 Å². The Morgan fingerprint density at radius 2 is 1.58 bits per heavy atom. The third-order valence-electron chi connectivity index (χ3n) is 3.78. The molecule has 2 heterocycles.